The van der Waals surface area contributed by atoms with Crippen LogP contribution in [0.1, 0.15) is 35.4 Å². The minimum atomic E-state index is -1.23. The lowest BCUT2D eigenvalue weighted by Crippen LogP contribution is -2.40. The monoisotopic (exact) mass is 462 g/mol. The zero-order valence-electron chi connectivity index (χ0n) is 19.1. The Morgan fingerprint density at radius 1 is 0.971 bits per heavy atom. The van der Waals surface area contributed by atoms with Crippen molar-refractivity contribution < 1.29 is 18.7 Å². The normalized spacial score (nSPS) is 22.0. The highest BCUT2D eigenvalue weighted by atomic mass is 19.2. The van der Waals surface area contributed by atoms with Crippen LogP contribution >= 0.6 is 0 Å². The molecule has 1 saturated carbocycles. The van der Waals surface area contributed by atoms with Crippen LogP contribution in [-0.2, 0) is 6.54 Å². The van der Waals surface area contributed by atoms with E-state index in [2.05, 4.69) is 35.2 Å². The van der Waals surface area contributed by atoms with Gasteiger partial charge in [-0.2, -0.15) is 0 Å². The molecule has 3 aromatic carbocycles. The number of hydrogen-bond donors (Lipinski definition) is 1. The summed E-state index contributed by atoms with van der Waals surface area (Å²) in [7, 11) is 0. The minimum Gasteiger partial charge on any atom is -0.464 e. The Labute approximate surface area is 198 Å². The van der Waals surface area contributed by atoms with Gasteiger partial charge in [-0.25, -0.2) is 18.5 Å². The average Bonchev–Trinajstić information content (AvgIpc) is 3.07. The number of fused-ring (bicyclic) bond motifs is 2. The SMILES string of the molecule is Cc1c(C2C3CCC2CN(Cc2ccccc2)C3)cccc1N(C(=O)O)c1ccc(F)c(F)c1. The number of carbonyl (C=O) groups is 1. The van der Waals surface area contributed by atoms with Gasteiger partial charge in [0.15, 0.2) is 11.6 Å². The number of piperidine rings is 1. The number of halogens is 2. The molecule has 0 spiro atoms. The smallest absolute Gasteiger partial charge is 0.416 e. The van der Waals surface area contributed by atoms with E-state index in [1.165, 1.54) is 11.6 Å². The number of amides is 1. The maximum absolute atomic E-state index is 13.9. The molecule has 0 radical (unpaired) electrons. The second kappa shape index (κ2) is 9.18. The van der Waals surface area contributed by atoms with E-state index >= 15 is 0 Å². The van der Waals surface area contributed by atoms with Gasteiger partial charge in [0.2, 0.25) is 0 Å². The van der Waals surface area contributed by atoms with Gasteiger partial charge < -0.3 is 5.11 Å². The summed E-state index contributed by atoms with van der Waals surface area (Å²) in [5.74, 6) is -0.678. The molecule has 4 nitrogen and oxygen atoms in total. The average molecular weight is 463 g/mol. The summed E-state index contributed by atoms with van der Waals surface area (Å²) < 4.78 is 27.4. The summed E-state index contributed by atoms with van der Waals surface area (Å²) in [4.78, 5) is 15.8. The lowest BCUT2D eigenvalue weighted by atomic mass is 9.78. The molecule has 0 aromatic heterocycles. The van der Waals surface area contributed by atoms with Gasteiger partial charge in [-0.05, 0) is 72.4 Å². The maximum atomic E-state index is 13.9. The van der Waals surface area contributed by atoms with Gasteiger partial charge >= 0.3 is 6.09 Å². The van der Waals surface area contributed by atoms with Gasteiger partial charge in [0, 0.05) is 25.7 Å². The van der Waals surface area contributed by atoms with Crippen molar-refractivity contribution in [1.29, 1.82) is 0 Å². The molecule has 1 aliphatic heterocycles. The van der Waals surface area contributed by atoms with Gasteiger partial charge in [-0.3, -0.25) is 4.90 Å². The molecule has 2 fully saturated rings. The Morgan fingerprint density at radius 2 is 1.68 bits per heavy atom. The fraction of sp³-hybridized carbons (Fsp3) is 0.321. The predicted octanol–water partition coefficient (Wildman–Crippen LogP) is 6.71. The fourth-order valence-electron chi connectivity index (χ4n) is 6.02. The largest absolute Gasteiger partial charge is 0.464 e. The number of anilines is 2. The van der Waals surface area contributed by atoms with Crippen LogP contribution < -0.4 is 4.90 Å². The summed E-state index contributed by atoms with van der Waals surface area (Å²) >= 11 is 0. The number of likely N-dealkylation sites (tertiary alicyclic amines) is 1. The molecule has 176 valence electrons. The number of hydrogen-bond acceptors (Lipinski definition) is 2. The quantitative estimate of drug-likeness (QED) is 0.458. The third kappa shape index (κ3) is 4.18. The number of carboxylic acid groups (broad SMARTS) is 1. The van der Waals surface area contributed by atoms with E-state index in [0.717, 1.165) is 60.6 Å². The summed E-state index contributed by atoms with van der Waals surface area (Å²) in [6.07, 6.45) is 1.10. The molecule has 2 unspecified atom stereocenters. The summed E-state index contributed by atoms with van der Waals surface area (Å²) in [6.45, 7) is 4.93. The highest BCUT2D eigenvalue weighted by Crippen LogP contribution is 2.50. The van der Waals surface area contributed by atoms with Crippen LogP contribution in [0.25, 0.3) is 0 Å². The molecule has 1 N–H and O–H groups in total. The first-order chi connectivity index (χ1) is 16.4. The number of nitrogens with zero attached hydrogens (tertiary/aromatic N) is 2. The first kappa shape index (κ1) is 22.5. The first-order valence-electron chi connectivity index (χ1n) is 11.8. The molecule has 2 atom stereocenters. The summed E-state index contributed by atoms with van der Waals surface area (Å²) in [6, 6.07) is 19.4. The Bertz CT molecular complexity index is 1190. The Balaban J connectivity index is 1.43. The fourth-order valence-corrected chi connectivity index (χ4v) is 6.02. The van der Waals surface area contributed by atoms with E-state index in [4.69, 9.17) is 0 Å². The van der Waals surface area contributed by atoms with Gasteiger partial charge in [0.05, 0.1) is 11.4 Å². The van der Waals surface area contributed by atoms with Gasteiger partial charge in [0.1, 0.15) is 0 Å². The van der Waals surface area contributed by atoms with E-state index in [1.54, 1.807) is 6.07 Å². The van der Waals surface area contributed by atoms with E-state index < -0.39 is 17.7 Å². The maximum Gasteiger partial charge on any atom is 0.416 e. The van der Waals surface area contributed by atoms with Crippen LogP contribution in [-0.4, -0.2) is 29.2 Å². The van der Waals surface area contributed by atoms with Crippen molar-refractivity contribution in [2.24, 2.45) is 11.8 Å². The van der Waals surface area contributed by atoms with E-state index in [-0.39, 0.29) is 5.69 Å². The van der Waals surface area contributed by atoms with Crippen LogP contribution in [0.5, 0.6) is 0 Å². The topological polar surface area (TPSA) is 43.8 Å². The number of rotatable bonds is 5. The van der Waals surface area contributed by atoms with Gasteiger partial charge in [-0.1, -0.05) is 42.5 Å². The van der Waals surface area contributed by atoms with E-state index in [1.807, 2.05) is 19.1 Å². The minimum absolute atomic E-state index is 0.0901. The van der Waals surface area contributed by atoms with Crippen LogP contribution in [0, 0.1) is 30.4 Å². The molecule has 2 aliphatic rings. The second-order valence-electron chi connectivity index (χ2n) is 9.51. The zero-order valence-corrected chi connectivity index (χ0v) is 19.1. The molecule has 1 saturated heterocycles. The molecule has 34 heavy (non-hydrogen) atoms. The number of benzene rings is 3. The Morgan fingerprint density at radius 3 is 2.32 bits per heavy atom. The first-order valence-corrected chi connectivity index (χ1v) is 11.8. The molecular formula is C28H28F2N2O2. The van der Waals surface area contributed by atoms with Gasteiger partial charge in [-0.15, -0.1) is 0 Å². The van der Waals surface area contributed by atoms with Crippen LogP contribution in [0.3, 0.4) is 0 Å². The third-order valence-corrected chi connectivity index (χ3v) is 7.46. The molecule has 1 aliphatic carbocycles. The highest BCUT2D eigenvalue weighted by Gasteiger charge is 2.43. The van der Waals surface area contributed by atoms with Crippen molar-refractivity contribution >= 4 is 17.5 Å². The van der Waals surface area contributed by atoms with Crippen molar-refractivity contribution in [3.63, 3.8) is 0 Å². The molecule has 1 heterocycles. The van der Waals surface area contributed by atoms with E-state index in [9.17, 15) is 18.7 Å². The van der Waals surface area contributed by atoms with E-state index in [0.29, 0.717) is 23.4 Å². The van der Waals surface area contributed by atoms with Crippen molar-refractivity contribution in [3.8, 4) is 0 Å². The van der Waals surface area contributed by atoms with Crippen molar-refractivity contribution in [2.75, 3.05) is 18.0 Å². The summed E-state index contributed by atoms with van der Waals surface area (Å²) in [5, 5.41) is 9.96. The Hall–Kier alpha value is -3.25. The molecule has 3 aromatic rings. The zero-order chi connectivity index (χ0) is 23.8. The van der Waals surface area contributed by atoms with Crippen molar-refractivity contribution in [3.05, 3.63) is 95.1 Å². The van der Waals surface area contributed by atoms with Crippen molar-refractivity contribution in [1.82, 2.24) is 4.90 Å². The second-order valence-corrected chi connectivity index (χ2v) is 9.51. The molecule has 1 amide bonds. The Kier molecular flexibility index (Phi) is 6.09. The van der Waals surface area contributed by atoms with Gasteiger partial charge in [0.25, 0.3) is 0 Å². The standard InChI is InChI=1S/C28H28F2N2O2/c1-18-23(8-5-9-26(18)32(28(33)34)22-12-13-24(29)25(30)14-22)27-20-10-11-21(27)17-31(16-20)15-19-6-3-2-4-7-19/h2-9,12-14,20-21,27H,10-11,15-17H2,1H3,(H,33,34). The molecule has 5 rings (SSSR count). The third-order valence-electron chi connectivity index (χ3n) is 7.46. The summed E-state index contributed by atoms with van der Waals surface area (Å²) in [5.41, 5.74) is 3.95. The van der Waals surface area contributed by atoms with Crippen molar-refractivity contribution in [2.45, 2.75) is 32.2 Å². The lowest BCUT2D eigenvalue weighted by Gasteiger charge is -2.39. The van der Waals surface area contributed by atoms with Crippen LogP contribution in [0.2, 0.25) is 0 Å². The lowest BCUT2D eigenvalue weighted by molar-refractivity contribution is 0.138. The molecular weight excluding hydrogens is 434 g/mol. The predicted molar refractivity (Wildman–Crippen MR) is 128 cm³/mol. The molecule has 6 heteroatoms. The van der Waals surface area contributed by atoms with Crippen LogP contribution in [0.15, 0.2) is 66.7 Å². The van der Waals surface area contributed by atoms with Crippen LogP contribution in [0.4, 0.5) is 25.0 Å². The highest BCUT2D eigenvalue weighted by molar-refractivity contribution is 5.95. The molecule has 2 bridgehead atoms.